The first-order valence-corrected chi connectivity index (χ1v) is 9.38. The highest BCUT2D eigenvalue weighted by Gasteiger charge is 2.58. The Morgan fingerprint density at radius 2 is 1.96 bits per heavy atom. The summed E-state index contributed by atoms with van der Waals surface area (Å²) in [6.07, 6.45) is 9.24. The van der Waals surface area contributed by atoms with Gasteiger partial charge < -0.3 is 10.2 Å². The molecule has 4 nitrogen and oxygen atoms in total. The topological polar surface area (TPSA) is 45.2 Å². The van der Waals surface area contributed by atoms with Gasteiger partial charge in [-0.05, 0) is 42.9 Å². The van der Waals surface area contributed by atoms with Crippen molar-refractivity contribution in [3.63, 3.8) is 0 Å². The summed E-state index contributed by atoms with van der Waals surface area (Å²) in [6.45, 7) is 0.596. The number of hydrogen-bond donors (Lipinski definition) is 1. The van der Waals surface area contributed by atoms with Crippen LogP contribution in [0.25, 0.3) is 0 Å². The van der Waals surface area contributed by atoms with Crippen LogP contribution in [0.2, 0.25) is 0 Å². The monoisotopic (exact) mass is 333 g/mol. The summed E-state index contributed by atoms with van der Waals surface area (Å²) in [5.74, 6) is 1.36. The van der Waals surface area contributed by atoms with Crippen LogP contribution in [0.4, 0.5) is 17.2 Å². The lowest BCUT2D eigenvalue weighted by Crippen LogP contribution is -2.33. The number of aromatic nitrogens is 1. The van der Waals surface area contributed by atoms with Crippen LogP contribution in [0.1, 0.15) is 44.1 Å². The number of pyridine rings is 1. The van der Waals surface area contributed by atoms with E-state index in [0.29, 0.717) is 17.9 Å². The van der Waals surface area contributed by atoms with Gasteiger partial charge in [0.05, 0.1) is 17.9 Å². The summed E-state index contributed by atoms with van der Waals surface area (Å²) in [5.41, 5.74) is 3.32. The zero-order valence-electron chi connectivity index (χ0n) is 14.4. The zero-order valence-corrected chi connectivity index (χ0v) is 14.4. The molecule has 1 amide bonds. The van der Waals surface area contributed by atoms with Crippen LogP contribution in [0.3, 0.4) is 0 Å². The van der Waals surface area contributed by atoms with Crippen LogP contribution in [0.15, 0.2) is 42.6 Å². The van der Waals surface area contributed by atoms with Gasteiger partial charge in [-0.2, -0.15) is 0 Å². The molecule has 2 aliphatic carbocycles. The van der Waals surface area contributed by atoms with E-state index < -0.39 is 0 Å². The fourth-order valence-corrected chi connectivity index (χ4v) is 4.77. The van der Waals surface area contributed by atoms with Gasteiger partial charge in [-0.3, -0.25) is 4.79 Å². The van der Waals surface area contributed by atoms with Crippen molar-refractivity contribution >= 4 is 23.1 Å². The minimum Gasteiger partial charge on any atom is -0.338 e. The molecule has 2 saturated carbocycles. The van der Waals surface area contributed by atoms with Gasteiger partial charge >= 0.3 is 0 Å². The molecule has 1 spiro atoms. The first-order valence-electron chi connectivity index (χ1n) is 9.38. The number of anilines is 3. The third-order valence-corrected chi connectivity index (χ3v) is 6.27. The molecular formula is C21H23N3O. The van der Waals surface area contributed by atoms with E-state index in [0.717, 1.165) is 29.2 Å². The maximum Gasteiger partial charge on any atom is 0.231 e. The van der Waals surface area contributed by atoms with Crippen molar-refractivity contribution in [2.45, 2.75) is 45.1 Å². The summed E-state index contributed by atoms with van der Waals surface area (Å²) in [5, 5.41) is 3.41. The first-order chi connectivity index (χ1) is 12.3. The summed E-state index contributed by atoms with van der Waals surface area (Å²) < 4.78 is 0. The average Bonchev–Trinajstić information content (AvgIpc) is 3.37. The van der Waals surface area contributed by atoms with Crippen molar-refractivity contribution in [3.05, 3.63) is 48.2 Å². The Morgan fingerprint density at radius 3 is 2.84 bits per heavy atom. The molecule has 1 unspecified atom stereocenters. The van der Waals surface area contributed by atoms with Gasteiger partial charge in [-0.15, -0.1) is 0 Å². The lowest BCUT2D eigenvalue weighted by atomic mass is 9.84. The molecular weight excluding hydrogens is 310 g/mol. The van der Waals surface area contributed by atoms with E-state index >= 15 is 0 Å². The molecule has 25 heavy (non-hydrogen) atoms. The molecule has 2 fully saturated rings. The molecule has 1 aliphatic heterocycles. The Labute approximate surface area is 148 Å². The minimum atomic E-state index is 0.207. The van der Waals surface area contributed by atoms with E-state index in [9.17, 15) is 4.79 Å². The molecule has 1 aromatic carbocycles. The quantitative estimate of drug-likeness (QED) is 0.827. The van der Waals surface area contributed by atoms with Gasteiger partial charge in [-0.1, -0.05) is 37.5 Å². The number of rotatable bonds is 1. The zero-order chi connectivity index (χ0) is 16.9. The Balaban J connectivity index is 1.51. The van der Waals surface area contributed by atoms with E-state index in [2.05, 4.69) is 16.4 Å². The SMILES string of the molecule is O=C(C1CC12CCCCC2)N1Cc2cccnc2Nc2ccccc21. The number of benzene rings is 1. The molecule has 1 atom stereocenters. The van der Waals surface area contributed by atoms with E-state index in [1.54, 1.807) is 6.20 Å². The second kappa shape index (κ2) is 5.58. The highest BCUT2D eigenvalue weighted by Crippen LogP contribution is 2.62. The highest BCUT2D eigenvalue weighted by atomic mass is 16.2. The number of hydrogen-bond acceptors (Lipinski definition) is 3. The van der Waals surface area contributed by atoms with Gasteiger partial charge in [0.1, 0.15) is 5.82 Å². The Bertz CT molecular complexity index is 825. The van der Waals surface area contributed by atoms with Crippen LogP contribution in [-0.2, 0) is 11.3 Å². The molecule has 1 aromatic heterocycles. The summed E-state index contributed by atoms with van der Waals surface area (Å²) in [4.78, 5) is 19.9. The van der Waals surface area contributed by atoms with Crippen molar-refractivity contribution in [2.24, 2.45) is 11.3 Å². The van der Waals surface area contributed by atoms with Crippen LogP contribution in [0.5, 0.6) is 0 Å². The number of carbonyl (C=O) groups excluding carboxylic acids is 1. The third kappa shape index (κ3) is 2.43. The molecule has 0 saturated heterocycles. The van der Waals surface area contributed by atoms with Crippen molar-refractivity contribution in [1.82, 2.24) is 4.98 Å². The van der Waals surface area contributed by atoms with Gasteiger partial charge in [0.2, 0.25) is 5.91 Å². The van der Waals surface area contributed by atoms with Crippen LogP contribution >= 0.6 is 0 Å². The summed E-state index contributed by atoms with van der Waals surface area (Å²) in [6, 6.07) is 12.1. The van der Waals surface area contributed by atoms with Gasteiger partial charge in [0, 0.05) is 17.7 Å². The fraction of sp³-hybridized carbons (Fsp3) is 0.429. The third-order valence-electron chi connectivity index (χ3n) is 6.27. The molecule has 3 aliphatic rings. The number of fused-ring (bicyclic) bond motifs is 2. The van der Waals surface area contributed by atoms with Crippen molar-refractivity contribution in [2.75, 3.05) is 10.2 Å². The van der Waals surface area contributed by atoms with Crippen molar-refractivity contribution < 1.29 is 4.79 Å². The van der Waals surface area contributed by atoms with Crippen LogP contribution < -0.4 is 10.2 Å². The highest BCUT2D eigenvalue weighted by molar-refractivity contribution is 6.01. The summed E-state index contributed by atoms with van der Waals surface area (Å²) >= 11 is 0. The normalized spacial score (nSPS) is 23.2. The van der Waals surface area contributed by atoms with Gasteiger partial charge in [0.15, 0.2) is 0 Å². The Kier molecular flexibility index (Phi) is 3.34. The predicted octanol–water partition coefficient (Wildman–Crippen LogP) is 4.64. The molecule has 2 heterocycles. The largest absolute Gasteiger partial charge is 0.338 e. The molecule has 4 heteroatoms. The van der Waals surface area contributed by atoms with E-state index in [-0.39, 0.29) is 5.92 Å². The Hall–Kier alpha value is -2.36. The number of carbonyl (C=O) groups is 1. The van der Waals surface area contributed by atoms with Crippen molar-refractivity contribution in [1.29, 1.82) is 0 Å². The van der Waals surface area contributed by atoms with Crippen molar-refractivity contribution in [3.8, 4) is 0 Å². The standard InChI is InChI=1S/C21H23N3O/c25-20(16-13-21(16)10-4-1-5-11-21)24-14-15-7-6-12-22-19(15)23-17-8-2-3-9-18(17)24/h2-3,6-9,12,16H,1,4-5,10-11,13-14H2,(H,22,23). The number of nitrogens with one attached hydrogen (secondary N) is 1. The molecule has 0 radical (unpaired) electrons. The number of para-hydroxylation sites is 2. The van der Waals surface area contributed by atoms with E-state index in [4.69, 9.17) is 0 Å². The average molecular weight is 333 g/mol. The van der Waals surface area contributed by atoms with Crippen LogP contribution in [-0.4, -0.2) is 10.9 Å². The first kappa shape index (κ1) is 14.9. The minimum absolute atomic E-state index is 0.207. The molecule has 0 bridgehead atoms. The Morgan fingerprint density at radius 1 is 1.12 bits per heavy atom. The maximum atomic E-state index is 13.4. The fourth-order valence-electron chi connectivity index (χ4n) is 4.77. The molecule has 5 rings (SSSR count). The van der Waals surface area contributed by atoms with E-state index in [1.807, 2.05) is 35.2 Å². The maximum absolute atomic E-state index is 13.4. The van der Waals surface area contributed by atoms with Gasteiger partial charge in [0.25, 0.3) is 0 Å². The number of amides is 1. The molecule has 1 N–H and O–H groups in total. The smallest absolute Gasteiger partial charge is 0.231 e. The second-order valence-electron chi connectivity index (χ2n) is 7.76. The molecule has 128 valence electrons. The van der Waals surface area contributed by atoms with Gasteiger partial charge in [-0.25, -0.2) is 4.98 Å². The second-order valence-corrected chi connectivity index (χ2v) is 7.76. The number of nitrogens with zero attached hydrogens (tertiary/aromatic N) is 2. The lowest BCUT2D eigenvalue weighted by molar-refractivity contribution is -0.120. The van der Waals surface area contributed by atoms with Crippen LogP contribution in [0, 0.1) is 11.3 Å². The van der Waals surface area contributed by atoms with E-state index in [1.165, 1.54) is 32.1 Å². The summed E-state index contributed by atoms with van der Waals surface area (Å²) in [7, 11) is 0. The predicted molar refractivity (Wildman–Crippen MR) is 98.8 cm³/mol. The lowest BCUT2D eigenvalue weighted by Gasteiger charge is -2.26. The molecule has 2 aromatic rings.